The van der Waals surface area contributed by atoms with Crippen LogP contribution in [0.5, 0.6) is 0 Å². The van der Waals surface area contributed by atoms with Crippen LogP contribution in [0.1, 0.15) is 22.9 Å². The average molecular weight is 470 g/mol. The van der Waals surface area contributed by atoms with Gasteiger partial charge in [-0.2, -0.15) is 5.10 Å². The highest BCUT2D eigenvalue weighted by molar-refractivity contribution is 14.1. The van der Waals surface area contributed by atoms with Gasteiger partial charge < -0.3 is 0 Å². The molecule has 7 heteroatoms. The summed E-state index contributed by atoms with van der Waals surface area (Å²) in [4.78, 5) is 0. The summed E-state index contributed by atoms with van der Waals surface area (Å²) in [6, 6.07) is 6.13. The standard InChI is InChI=1S/C13H15BrClIN4/c1-7-9(13(15)20(2)19-7)6-12(18-17)10-5-8(14)3-4-11(10)16/h3-5,12,18H,6,17H2,1-2H3. The van der Waals surface area contributed by atoms with Gasteiger partial charge in [-0.1, -0.05) is 27.5 Å². The van der Waals surface area contributed by atoms with Crippen molar-refractivity contribution < 1.29 is 0 Å². The van der Waals surface area contributed by atoms with E-state index in [0.29, 0.717) is 11.6 Å². The molecule has 1 aromatic carbocycles. The second kappa shape index (κ2) is 6.74. The summed E-state index contributed by atoms with van der Waals surface area (Å²) in [6.45, 7) is 1.96. The van der Waals surface area contributed by atoms with Crippen LogP contribution in [0.3, 0.4) is 0 Å². The van der Waals surface area contributed by atoms with Crippen LogP contribution in [0.15, 0.2) is 22.7 Å². The Morgan fingerprint density at radius 2 is 2.25 bits per heavy atom. The normalized spacial score (nSPS) is 12.7. The first-order chi connectivity index (χ1) is 9.43. The van der Waals surface area contributed by atoms with Gasteiger partial charge in [0, 0.05) is 20.7 Å². The molecular weight excluding hydrogens is 454 g/mol. The van der Waals surface area contributed by atoms with Crippen LogP contribution in [-0.4, -0.2) is 9.78 Å². The Balaban J connectivity index is 2.36. The third-order valence-corrected chi connectivity index (χ3v) is 5.16. The molecule has 0 aliphatic heterocycles. The second-order valence-electron chi connectivity index (χ2n) is 4.57. The summed E-state index contributed by atoms with van der Waals surface area (Å²) in [5.74, 6) is 5.74. The van der Waals surface area contributed by atoms with Gasteiger partial charge in [-0.05, 0) is 59.7 Å². The minimum Gasteiger partial charge on any atom is -0.271 e. The lowest BCUT2D eigenvalue weighted by Gasteiger charge is -2.18. The third-order valence-electron chi connectivity index (χ3n) is 3.21. The molecule has 0 aliphatic carbocycles. The fraction of sp³-hybridized carbons (Fsp3) is 0.308. The minimum absolute atomic E-state index is 0.0141. The SMILES string of the molecule is Cc1nn(C)c(Cl)c1CC(NN)c1cc(Br)ccc1I. The largest absolute Gasteiger partial charge is 0.271 e. The Morgan fingerprint density at radius 3 is 2.80 bits per heavy atom. The molecule has 1 aromatic heterocycles. The lowest BCUT2D eigenvalue weighted by atomic mass is 10.00. The van der Waals surface area contributed by atoms with Gasteiger partial charge in [-0.25, -0.2) is 0 Å². The number of aryl methyl sites for hydroxylation is 2. The van der Waals surface area contributed by atoms with E-state index in [-0.39, 0.29) is 6.04 Å². The average Bonchev–Trinajstić information content (AvgIpc) is 2.65. The first-order valence-electron chi connectivity index (χ1n) is 6.03. The lowest BCUT2D eigenvalue weighted by Crippen LogP contribution is -2.30. The summed E-state index contributed by atoms with van der Waals surface area (Å²) < 4.78 is 3.87. The van der Waals surface area contributed by atoms with E-state index in [2.05, 4.69) is 61.2 Å². The maximum atomic E-state index is 6.29. The summed E-state index contributed by atoms with van der Waals surface area (Å²) in [5, 5.41) is 5.00. The van der Waals surface area contributed by atoms with E-state index in [1.807, 2.05) is 20.0 Å². The fourth-order valence-electron chi connectivity index (χ4n) is 2.15. The molecule has 1 unspecified atom stereocenters. The summed E-state index contributed by atoms with van der Waals surface area (Å²) >= 11 is 12.1. The van der Waals surface area contributed by atoms with E-state index in [4.69, 9.17) is 17.4 Å². The molecule has 0 spiro atoms. The number of benzene rings is 1. The molecule has 20 heavy (non-hydrogen) atoms. The van der Waals surface area contributed by atoms with Crippen molar-refractivity contribution in [1.82, 2.24) is 15.2 Å². The predicted molar refractivity (Wildman–Crippen MR) is 93.6 cm³/mol. The summed E-state index contributed by atoms with van der Waals surface area (Å²) in [5.41, 5.74) is 5.97. The fourth-order valence-corrected chi connectivity index (χ4v) is 3.49. The van der Waals surface area contributed by atoms with Crippen LogP contribution in [0, 0.1) is 10.5 Å². The smallest absolute Gasteiger partial charge is 0.130 e. The van der Waals surface area contributed by atoms with Crippen molar-refractivity contribution in [2.45, 2.75) is 19.4 Å². The number of nitrogens with two attached hydrogens (primary N) is 1. The van der Waals surface area contributed by atoms with Crippen LogP contribution in [0.4, 0.5) is 0 Å². The molecule has 0 radical (unpaired) electrons. The van der Waals surface area contributed by atoms with Crippen molar-refractivity contribution in [3.63, 3.8) is 0 Å². The first kappa shape index (κ1) is 16.2. The van der Waals surface area contributed by atoms with Crippen molar-refractivity contribution in [3.05, 3.63) is 48.2 Å². The molecule has 0 aliphatic rings. The Morgan fingerprint density at radius 1 is 1.55 bits per heavy atom. The van der Waals surface area contributed by atoms with E-state index >= 15 is 0 Å². The van der Waals surface area contributed by atoms with Crippen LogP contribution in [0.2, 0.25) is 5.15 Å². The number of aromatic nitrogens is 2. The van der Waals surface area contributed by atoms with Crippen molar-refractivity contribution in [3.8, 4) is 0 Å². The number of nitrogens with zero attached hydrogens (tertiary/aromatic N) is 2. The molecule has 2 aromatic rings. The topological polar surface area (TPSA) is 55.9 Å². The summed E-state index contributed by atoms with van der Waals surface area (Å²) in [6.07, 6.45) is 0.696. The highest BCUT2D eigenvalue weighted by atomic mass is 127. The number of nitrogens with one attached hydrogen (secondary N) is 1. The van der Waals surface area contributed by atoms with Crippen molar-refractivity contribution >= 4 is 50.1 Å². The van der Waals surface area contributed by atoms with Gasteiger partial charge in [0.1, 0.15) is 5.15 Å². The molecule has 0 saturated heterocycles. The third kappa shape index (κ3) is 3.36. The van der Waals surface area contributed by atoms with Crippen LogP contribution in [0.25, 0.3) is 0 Å². The van der Waals surface area contributed by atoms with Crippen LogP contribution < -0.4 is 11.3 Å². The van der Waals surface area contributed by atoms with Gasteiger partial charge in [0.25, 0.3) is 0 Å². The minimum atomic E-state index is -0.0141. The first-order valence-corrected chi connectivity index (χ1v) is 8.28. The molecule has 0 amide bonds. The van der Waals surface area contributed by atoms with E-state index in [1.54, 1.807) is 4.68 Å². The molecule has 4 nitrogen and oxygen atoms in total. The monoisotopic (exact) mass is 468 g/mol. The Bertz CT molecular complexity index is 629. The Hall–Kier alpha value is -0.150. The number of hydrogen-bond donors (Lipinski definition) is 2. The van der Waals surface area contributed by atoms with E-state index in [9.17, 15) is 0 Å². The predicted octanol–water partition coefficient (Wildman–Crippen LogP) is 3.50. The maximum Gasteiger partial charge on any atom is 0.130 e. The Labute approximate surface area is 145 Å². The molecular formula is C13H15BrClIN4. The molecule has 2 rings (SSSR count). The van der Waals surface area contributed by atoms with Gasteiger partial charge in [0.2, 0.25) is 0 Å². The van der Waals surface area contributed by atoms with Gasteiger partial charge in [0.15, 0.2) is 0 Å². The number of hydrazine groups is 1. The molecule has 0 bridgehead atoms. The van der Waals surface area contributed by atoms with Gasteiger partial charge in [0.05, 0.1) is 11.7 Å². The zero-order valence-corrected chi connectivity index (χ0v) is 15.6. The molecule has 1 atom stereocenters. The highest BCUT2D eigenvalue weighted by Crippen LogP contribution is 2.29. The zero-order chi connectivity index (χ0) is 14.9. The van der Waals surface area contributed by atoms with Gasteiger partial charge in [-0.3, -0.25) is 16.0 Å². The van der Waals surface area contributed by atoms with Gasteiger partial charge >= 0.3 is 0 Å². The number of halogens is 3. The quantitative estimate of drug-likeness (QED) is 0.410. The van der Waals surface area contributed by atoms with Gasteiger partial charge in [-0.15, -0.1) is 0 Å². The highest BCUT2D eigenvalue weighted by Gasteiger charge is 2.19. The maximum absolute atomic E-state index is 6.29. The summed E-state index contributed by atoms with van der Waals surface area (Å²) in [7, 11) is 1.84. The molecule has 108 valence electrons. The lowest BCUT2D eigenvalue weighted by molar-refractivity contribution is 0.548. The zero-order valence-electron chi connectivity index (χ0n) is 11.1. The van der Waals surface area contributed by atoms with Crippen LogP contribution in [-0.2, 0) is 13.5 Å². The van der Waals surface area contributed by atoms with Crippen molar-refractivity contribution in [1.29, 1.82) is 0 Å². The molecule has 0 fully saturated rings. The van der Waals surface area contributed by atoms with Crippen LogP contribution >= 0.6 is 50.1 Å². The Kier molecular flexibility index (Phi) is 5.47. The molecule has 0 saturated carbocycles. The number of hydrogen-bond acceptors (Lipinski definition) is 3. The molecule has 3 N–H and O–H groups in total. The molecule has 1 heterocycles. The van der Waals surface area contributed by atoms with Crippen molar-refractivity contribution in [2.24, 2.45) is 12.9 Å². The van der Waals surface area contributed by atoms with E-state index in [0.717, 1.165) is 24.9 Å². The van der Waals surface area contributed by atoms with E-state index in [1.165, 1.54) is 0 Å². The number of rotatable bonds is 4. The second-order valence-corrected chi connectivity index (χ2v) is 7.00. The van der Waals surface area contributed by atoms with E-state index < -0.39 is 0 Å². The van der Waals surface area contributed by atoms with Crippen molar-refractivity contribution in [2.75, 3.05) is 0 Å².